The first-order chi connectivity index (χ1) is 24.3. The van der Waals surface area contributed by atoms with Gasteiger partial charge < -0.3 is 20.3 Å². The van der Waals surface area contributed by atoms with Gasteiger partial charge in [-0.3, -0.25) is 9.48 Å². The number of fused-ring (bicyclic) bond motifs is 2. The maximum absolute atomic E-state index is 13.6. The Bertz CT molecular complexity index is 2270. The number of thiazole rings is 1. The third-order valence-electron chi connectivity index (χ3n) is 12.8. The lowest BCUT2D eigenvalue weighted by atomic mass is 9.21. The maximum atomic E-state index is 13.6. The molecule has 5 atom stereocenters. The minimum Gasteiger partial charge on any atom is -0.476 e. The van der Waals surface area contributed by atoms with E-state index < -0.39 is 11.8 Å². The van der Waals surface area contributed by atoms with Gasteiger partial charge >= 0.3 is 5.97 Å². The number of aryl methyl sites for hydroxylation is 1. The Hall–Kier alpha value is -4.59. The number of aliphatic hydroxyl groups excluding tert-OH is 1. The molecule has 5 unspecified atom stereocenters. The molecule has 4 aliphatic carbocycles. The Labute approximate surface area is 298 Å². The van der Waals surface area contributed by atoms with Crippen LogP contribution in [-0.4, -0.2) is 70.7 Å². The van der Waals surface area contributed by atoms with Crippen LogP contribution in [0.5, 0.6) is 0 Å². The predicted octanol–water partition coefficient (Wildman–Crippen LogP) is 6.37. The van der Waals surface area contributed by atoms with Crippen LogP contribution in [0.2, 0.25) is 0 Å². The number of carbonyl (C=O) groups excluding carboxylic acids is 1. The van der Waals surface area contributed by atoms with Crippen LogP contribution in [0, 0.1) is 35.5 Å². The standard InChI is InChI=1S/C38H39N7O5S/c1-21-13-27(43-44-31(21)42-33-41-25-7-5-6-8-28(25)51-33)30(47)26-10-9-23(29(40-26)32(48)49)24-14-39-45(22(24)2)20-36-16-34(3)15-35(4)17-37(18-36,50-12-11-46)19-38(34,35)36/h5-10,13-14,46H,11-12,15-20H2,1-4H3,(H,48,49)(H,41,42,44). The normalized spacial score (nSPS) is 29.8. The topological polar surface area (TPSA) is 165 Å². The van der Waals surface area contributed by atoms with E-state index in [1.165, 1.54) is 23.8 Å². The van der Waals surface area contributed by atoms with E-state index in [9.17, 15) is 19.8 Å². The number of carbonyl (C=O) groups is 2. The number of pyridine rings is 1. The summed E-state index contributed by atoms with van der Waals surface area (Å²) in [5.74, 6) is -1.29. The van der Waals surface area contributed by atoms with E-state index in [4.69, 9.17) is 9.84 Å². The van der Waals surface area contributed by atoms with Crippen molar-refractivity contribution in [2.45, 2.75) is 71.9 Å². The van der Waals surface area contributed by atoms with Crippen molar-refractivity contribution in [1.82, 2.24) is 29.9 Å². The SMILES string of the molecule is Cc1cc(C(=O)c2ccc(-c3cnn(CC45CC6(OCCO)CC7(C)CC(C)(C4)C75C6)c3C)c(C(=O)O)n2)nnc1Nc1nc2ccccc2s1. The van der Waals surface area contributed by atoms with Crippen LogP contribution in [0.4, 0.5) is 10.9 Å². The zero-order valence-corrected chi connectivity index (χ0v) is 29.8. The number of carboxylic acid groups (broad SMARTS) is 1. The van der Waals surface area contributed by atoms with Gasteiger partial charge in [0.15, 0.2) is 16.6 Å². The van der Waals surface area contributed by atoms with Crippen LogP contribution in [-0.2, 0) is 11.3 Å². The molecule has 4 aromatic heterocycles. The molecule has 262 valence electrons. The maximum Gasteiger partial charge on any atom is 0.355 e. The average Bonchev–Trinajstić information content (AvgIpc) is 3.80. The number of benzene rings is 1. The van der Waals surface area contributed by atoms with Crippen molar-refractivity contribution in [2.24, 2.45) is 21.7 Å². The summed E-state index contributed by atoms with van der Waals surface area (Å²) < 4.78 is 9.50. The van der Waals surface area contributed by atoms with Gasteiger partial charge in [-0.05, 0) is 98.1 Å². The van der Waals surface area contributed by atoms with Crippen LogP contribution in [0.3, 0.4) is 0 Å². The number of rotatable bonds is 11. The van der Waals surface area contributed by atoms with Crippen LogP contribution >= 0.6 is 11.3 Å². The van der Waals surface area contributed by atoms with Crippen LogP contribution in [0.15, 0.2) is 48.7 Å². The number of ether oxygens (including phenoxy) is 1. The van der Waals surface area contributed by atoms with E-state index in [1.807, 2.05) is 42.8 Å². The van der Waals surface area contributed by atoms with Gasteiger partial charge in [0.1, 0.15) is 11.4 Å². The fraction of sp³-hybridized carbons (Fsp3) is 0.447. The first-order valence-corrected chi connectivity index (χ1v) is 18.2. The number of aromatic nitrogens is 6. The quantitative estimate of drug-likeness (QED) is 0.131. The molecule has 0 saturated heterocycles. The summed E-state index contributed by atoms with van der Waals surface area (Å²) in [5.41, 5.74) is 3.75. The van der Waals surface area contributed by atoms with Crippen molar-refractivity contribution in [3.8, 4) is 11.1 Å². The van der Waals surface area contributed by atoms with Crippen molar-refractivity contribution in [2.75, 3.05) is 18.5 Å². The number of nitrogens with zero attached hydrogens (tertiary/aromatic N) is 6. The van der Waals surface area contributed by atoms with E-state index in [2.05, 4.69) is 39.3 Å². The zero-order valence-electron chi connectivity index (χ0n) is 29.0. The molecule has 4 fully saturated rings. The van der Waals surface area contributed by atoms with Gasteiger partial charge in [-0.2, -0.15) is 5.10 Å². The Balaban J connectivity index is 0.973. The fourth-order valence-electron chi connectivity index (χ4n) is 11.8. The number of hydrogen-bond acceptors (Lipinski definition) is 11. The fourth-order valence-corrected chi connectivity index (χ4v) is 12.6. The highest BCUT2D eigenvalue weighted by molar-refractivity contribution is 7.22. The molecule has 2 bridgehead atoms. The molecule has 4 saturated carbocycles. The molecule has 0 radical (unpaired) electrons. The molecule has 3 N–H and O–H groups in total. The molecule has 1 spiro atoms. The lowest BCUT2D eigenvalue weighted by Crippen LogP contribution is -2.78. The van der Waals surface area contributed by atoms with E-state index in [-0.39, 0.29) is 50.9 Å². The molecule has 1 aromatic carbocycles. The van der Waals surface area contributed by atoms with Crippen LogP contribution in [0.1, 0.15) is 83.9 Å². The molecule has 4 aliphatic rings. The summed E-state index contributed by atoms with van der Waals surface area (Å²) in [5, 5.41) is 36.9. The van der Waals surface area contributed by atoms with Crippen molar-refractivity contribution in [3.63, 3.8) is 0 Å². The molecule has 0 aliphatic heterocycles. The van der Waals surface area contributed by atoms with Crippen molar-refractivity contribution >= 4 is 44.3 Å². The Morgan fingerprint density at radius 1 is 0.961 bits per heavy atom. The van der Waals surface area contributed by atoms with E-state index in [1.54, 1.807) is 18.3 Å². The Morgan fingerprint density at radius 2 is 1.76 bits per heavy atom. The molecular weight excluding hydrogens is 667 g/mol. The Kier molecular flexibility index (Phi) is 6.79. The lowest BCUT2D eigenvalue weighted by molar-refractivity contribution is -0.359. The summed E-state index contributed by atoms with van der Waals surface area (Å²) in [6, 6.07) is 12.6. The summed E-state index contributed by atoms with van der Waals surface area (Å²) in [4.78, 5) is 35.1. The Morgan fingerprint density at radius 3 is 2.51 bits per heavy atom. The average molecular weight is 706 g/mol. The van der Waals surface area contributed by atoms with Gasteiger partial charge in [0.05, 0.1) is 35.2 Å². The summed E-state index contributed by atoms with van der Waals surface area (Å²) in [7, 11) is 0. The molecule has 51 heavy (non-hydrogen) atoms. The van der Waals surface area contributed by atoms with Gasteiger partial charge in [-0.1, -0.05) is 37.3 Å². The van der Waals surface area contributed by atoms with Gasteiger partial charge in [-0.25, -0.2) is 14.8 Å². The van der Waals surface area contributed by atoms with Crippen molar-refractivity contribution in [1.29, 1.82) is 0 Å². The first-order valence-electron chi connectivity index (χ1n) is 17.4. The van der Waals surface area contributed by atoms with Gasteiger partial charge in [0.2, 0.25) is 5.78 Å². The highest BCUT2D eigenvalue weighted by Gasteiger charge is 2.92. The van der Waals surface area contributed by atoms with Crippen molar-refractivity contribution < 1.29 is 24.5 Å². The minimum atomic E-state index is -1.24. The predicted molar refractivity (Wildman–Crippen MR) is 190 cm³/mol. The summed E-state index contributed by atoms with van der Waals surface area (Å²) in [6.45, 7) is 9.72. The smallest absolute Gasteiger partial charge is 0.355 e. The van der Waals surface area contributed by atoms with Crippen LogP contribution in [0.25, 0.3) is 21.3 Å². The highest BCUT2D eigenvalue weighted by Crippen LogP contribution is 2.97. The molecule has 5 aromatic rings. The molecule has 12 nitrogen and oxygen atoms in total. The molecule has 4 heterocycles. The second-order valence-electron chi connectivity index (χ2n) is 15.8. The largest absolute Gasteiger partial charge is 0.476 e. The molecule has 13 heteroatoms. The van der Waals surface area contributed by atoms with E-state index in [0.717, 1.165) is 48.1 Å². The number of nitrogens with one attached hydrogen (secondary N) is 1. The van der Waals surface area contributed by atoms with Gasteiger partial charge in [-0.15, -0.1) is 10.2 Å². The molecule has 0 amide bonds. The third kappa shape index (κ3) is 4.34. The number of carboxylic acids is 1. The zero-order chi connectivity index (χ0) is 35.6. The third-order valence-corrected chi connectivity index (χ3v) is 13.8. The molecule has 9 rings (SSSR count). The number of aromatic carboxylic acids is 1. The van der Waals surface area contributed by atoms with Gasteiger partial charge in [0, 0.05) is 28.8 Å². The number of anilines is 2. The molecular formula is C38H39N7O5S. The van der Waals surface area contributed by atoms with Crippen LogP contribution < -0.4 is 5.32 Å². The first kappa shape index (κ1) is 32.3. The lowest BCUT2D eigenvalue weighted by Gasteiger charge is -2.83. The second kappa shape index (κ2) is 10.7. The summed E-state index contributed by atoms with van der Waals surface area (Å²) >= 11 is 1.49. The number of aliphatic hydroxyl groups is 1. The van der Waals surface area contributed by atoms with E-state index in [0.29, 0.717) is 34.2 Å². The number of hydrogen-bond donors (Lipinski definition) is 3. The number of para-hydroxylation sites is 1. The number of ketones is 1. The monoisotopic (exact) mass is 705 g/mol. The van der Waals surface area contributed by atoms with Crippen molar-refractivity contribution in [3.05, 3.63) is 77.0 Å². The summed E-state index contributed by atoms with van der Waals surface area (Å²) in [6.07, 6.45) is 7.02. The second-order valence-corrected chi connectivity index (χ2v) is 16.9. The highest BCUT2D eigenvalue weighted by atomic mass is 32.1. The minimum absolute atomic E-state index is 0.0181. The van der Waals surface area contributed by atoms with E-state index >= 15 is 0 Å². The van der Waals surface area contributed by atoms with Gasteiger partial charge in [0.25, 0.3) is 0 Å².